The SMILES string of the molecule is CC(C)C1CCCN(C(C)C(=O)NN)CC1. The topological polar surface area (TPSA) is 58.4 Å². The number of amides is 1. The van der Waals surface area contributed by atoms with E-state index in [1.165, 1.54) is 19.3 Å². The first-order chi connectivity index (χ1) is 7.56. The average molecular weight is 227 g/mol. The molecule has 1 aliphatic heterocycles. The molecule has 16 heavy (non-hydrogen) atoms. The van der Waals surface area contributed by atoms with Gasteiger partial charge in [0.15, 0.2) is 0 Å². The molecule has 4 heteroatoms. The molecule has 1 rings (SSSR count). The number of nitrogens with one attached hydrogen (secondary N) is 1. The summed E-state index contributed by atoms with van der Waals surface area (Å²) >= 11 is 0. The lowest BCUT2D eigenvalue weighted by atomic mass is 9.89. The third-order valence-electron chi connectivity index (χ3n) is 3.82. The summed E-state index contributed by atoms with van der Waals surface area (Å²) in [5.74, 6) is 6.64. The Morgan fingerprint density at radius 3 is 2.56 bits per heavy atom. The molecule has 0 aromatic heterocycles. The predicted octanol–water partition coefficient (Wildman–Crippen LogP) is 1.12. The van der Waals surface area contributed by atoms with Crippen molar-refractivity contribution in [1.82, 2.24) is 10.3 Å². The molecule has 0 aromatic rings. The van der Waals surface area contributed by atoms with Gasteiger partial charge in [-0.15, -0.1) is 0 Å². The molecule has 94 valence electrons. The van der Waals surface area contributed by atoms with Crippen molar-refractivity contribution in [3.63, 3.8) is 0 Å². The second-order valence-electron chi connectivity index (χ2n) is 5.16. The highest BCUT2D eigenvalue weighted by Gasteiger charge is 2.25. The van der Waals surface area contributed by atoms with Gasteiger partial charge in [-0.25, -0.2) is 5.84 Å². The summed E-state index contributed by atoms with van der Waals surface area (Å²) in [6.07, 6.45) is 3.66. The number of hydrogen-bond donors (Lipinski definition) is 2. The molecule has 0 saturated carbocycles. The molecule has 2 atom stereocenters. The fraction of sp³-hybridized carbons (Fsp3) is 0.917. The molecule has 0 radical (unpaired) electrons. The van der Waals surface area contributed by atoms with Crippen LogP contribution < -0.4 is 11.3 Å². The van der Waals surface area contributed by atoms with Crippen LogP contribution in [0.3, 0.4) is 0 Å². The first kappa shape index (κ1) is 13.5. The molecule has 4 nitrogen and oxygen atoms in total. The first-order valence-electron chi connectivity index (χ1n) is 6.30. The van der Waals surface area contributed by atoms with Crippen LogP contribution in [0.15, 0.2) is 0 Å². The van der Waals surface area contributed by atoms with Crippen molar-refractivity contribution >= 4 is 5.91 Å². The molecule has 0 bridgehead atoms. The molecular formula is C12H25N3O. The van der Waals surface area contributed by atoms with Gasteiger partial charge in [-0.05, 0) is 51.1 Å². The quantitative estimate of drug-likeness (QED) is 0.431. The van der Waals surface area contributed by atoms with E-state index in [-0.39, 0.29) is 11.9 Å². The summed E-state index contributed by atoms with van der Waals surface area (Å²) in [5, 5.41) is 0. The third-order valence-corrected chi connectivity index (χ3v) is 3.82. The molecular weight excluding hydrogens is 202 g/mol. The highest BCUT2D eigenvalue weighted by molar-refractivity contribution is 5.80. The van der Waals surface area contributed by atoms with Gasteiger partial charge in [0.2, 0.25) is 0 Å². The maximum absolute atomic E-state index is 11.5. The van der Waals surface area contributed by atoms with Crippen molar-refractivity contribution in [2.24, 2.45) is 17.7 Å². The van der Waals surface area contributed by atoms with Crippen LogP contribution in [0.5, 0.6) is 0 Å². The summed E-state index contributed by atoms with van der Waals surface area (Å²) < 4.78 is 0. The molecule has 1 heterocycles. The van der Waals surface area contributed by atoms with Crippen LogP contribution >= 0.6 is 0 Å². The van der Waals surface area contributed by atoms with Gasteiger partial charge in [-0.1, -0.05) is 13.8 Å². The summed E-state index contributed by atoms with van der Waals surface area (Å²) in [5.41, 5.74) is 2.24. The van der Waals surface area contributed by atoms with E-state index in [1.807, 2.05) is 6.92 Å². The number of hydrogen-bond acceptors (Lipinski definition) is 3. The van der Waals surface area contributed by atoms with Crippen molar-refractivity contribution in [3.8, 4) is 0 Å². The smallest absolute Gasteiger partial charge is 0.250 e. The molecule has 1 amide bonds. The Balaban J connectivity index is 2.49. The van der Waals surface area contributed by atoms with Gasteiger partial charge < -0.3 is 0 Å². The second kappa shape index (κ2) is 6.21. The van der Waals surface area contributed by atoms with Crippen LogP contribution in [0.2, 0.25) is 0 Å². The zero-order chi connectivity index (χ0) is 12.1. The van der Waals surface area contributed by atoms with Crippen molar-refractivity contribution in [1.29, 1.82) is 0 Å². The van der Waals surface area contributed by atoms with Gasteiger partial charge in [0.1, 0.15) is 0 Å². The number of rotatable bonds is 3. The maximum atomic E-state index is 11.5. The van der Waals surface area contributed by atoms with Crippen LogP contribution in [-0.4, -0.2) is 29.9 Å². The van der Waals surface area contributed by atoms with Gasteiger partial charge in [0.05, 0.1) is 6.04 Å². The Morgan fingerprint density at radius 1 is 1.31 bits per heavy atom. The number of likely N-dealkylation sites (tertiary alicyclic amines) is 1. The summed E-state index contributed by atoms with van der Waals surface area (Å²) in [7, 11) is 0. The zero-order valence-corrected chi connectivity index (χ0v) is 10.7. The van der Waals surface area contributed by atoms with E-state index in [4.69, 9.17) is 5.84 Å². The highest BCUT2D eigenvalue weighted by atomic mass is 16.2. The van der Waals surface area contributed by atoms with E-state index in [1.54, 1.807) is 0 Å². The van der Waals surface area contributed by atoms with E-state index >= 15 is 0 Å². The van der Waals surface area contributed by atoms with Crippen LogP contribution in [-0.2, 0) is 4.79 Å². The molecule has 3 N–H and O–H groups in total. The molecule has 0 aromatic carbocycles. The Morgan fingerprint density at radius 2 is 2.00 bits per heavy atom. The molecule has 2 unspecified atom stereocenters. The zero-order valence-electron chi connectivity index (χ0n) is 10.7. The van der Waals surface area contributed by atoms with Gasteiger partial charge in [0, 0.05) is 0 Å². The standard InChI is InChI=1S/C12H25N3O/c1-9(2)11-5-4-7-15(8-6-11)10(3)12(16)14-13/h9-11H,4-8,13H2,1-3H3,(H,14,16). The van der Waals surface area contributed by atoms with E-state index in [0.717, 1.165) is 24.9 Å². The monoisotopic (exact) mass is 227 g/mol. The van der Waals surface area contributed by atoms with E-state index in [0.29, 0.717) is 0 Å². The third kappa shape index (κ3) is 3.46. The Hall–Kier alpha value is -0.610. The van der Waals surface area contributed by atoms with Crippen molar-refractivity contribution in [3.05, 3.63) is 0 Å². The largest absolute Gasteiger partial charge is 0.293 e. The first-order valence-corrected chi connectivity index (χ1v) is 6.30. The highest BCUT2D eigenvalue weighted by Crippen LogP contribution is 2.25. The Kier molecular flexibility index (Phi) is 5.22. The number of carbonyl (C=O) groups is 1. The summed E-state index contributed by atoms with van der Waals surface area (Å²) in [4.78, 5) is 13.7. The van der Waals surface area contributed by atoms with Crippen molar-refractivity contribution < 1.29 is 4.79 Å². The fourth-order valence-electron chi connectivity index (χ4n) is 2.48. The molecule has 1 saturated heterocycles. The minimum absolute atomic E-state index is 0.0806. The van der Waals surface area contributed by atoms with Crippen LogP contribution in [0, 0.1) is 11.8 Å². The molecule has 1 fully saturated rings. The van der Waals surface area contributed by atoms with Gasteiger partial charge in [-0.3, -0.25) is 15.1 Å². The van der Waals surface area contributed by atoms with Crippen molar-refractivity contribution in [2.45, 2.75) is 46.1 Å². The van der Waals surface area contributed by atoms with Crippen LogP contribution in [0.1, 0.15) is 40.0 Å². The lowest BCUT2D eigenvalue weighted by molar-refractivity contribution is -0.125. The van der Waals surface area contributed by atoms with E-state index < -0.39 is 0 Å². The van der Waals surface area contributed by atoms with E-state index in [9.17, 15) is 4.79 Å². The molecule has 0 spiro atoms. The molecule has 0 aliphatic carbocycles. The predicted molar refractivity (Wildman–Crippen MR) is 65.5 cm³/mol. The van der Waals surface area contributed by atoms with Gasteiger partial charge in [0.25, 0.3) is 5.91 Å². The second-order valence-corrected chi connectivity index (χ2v) is 5.16. The fourth-order valence-corrected chi connectivity index (χ4v) is 2.48. The average Bonchev–Trinajstić information content (AvgIpc) is 2.52. The van der Waals surface area contributed by atoms with E-state index in [2.05, 4.69) is 24.2 Å². The number of carbonyl (C=O) groups excluding carboxylic acids is 1. The maximum Gasteiger partial charge on any atom is 0.250 e. The minimum atomic E-state index is -0.101. The lowest BCUT2D eigenvalue weighted by Gasteiger charge is -2.26. The lowest BCUT2D eigenvalue weighted by Crippen LogP contribution is -2.47. The molecule has 1 aliphatic rings. The van der Waals surface area contributed by atoms with Crippen LogP contribution in [0.25, 0.3) is 0 Å². The Labute approximate surface area is 98.5 Å². The normalized spacial score (nSPS) is 25.2. The van der Waals surface area contributed by atoms with Crippen LogP contribution in [0.4, 0.5) is 0 Å². The van der Waals surface area contributed by atoms with Crippen molar-refractivity contribution in [2.75, 3.05) is 13.1 Å². The number of nitrogens with two attached hydrogens (primary N) is 1. The number of hydrazine groups is 1. The van der Waals surface area contributed by atoms with Gasteiger partial charge >= 0.3 is 0 Å². The summed E-state index contributed by atoms with van der Waals surface area (Å²) in [6.45, 7) is 8.53. The summed E-state index contributed by atoms with van der Waals surface area (Å²) in [6, 6.07) is -0.101. The Bertz CT molecular complexity index is 230. The number of nitrogens with zero attached hydrogens (tertiary/aromatic N) is 1. The minimum Gasteiger partial charge on any atom is -0.293 e. The van der Waals surface area contributed by atoms with Gasteiger partial charge in [-0.2, -0.15) is 0 Å².